The molecule has 0 fully saturated rings. The molecule has 0 aromatic carbocycles. The number of nitrogens with zero attached hydrogens (tertiary/aromatic N) is 3. The van der Waals surface area contributed by atoms with Crippen LogP contribution in [0.3, 0.4) is 0 Å². The van der Waals surface area contributed by atoms with Crippen molar-refractivity contribution in [2.75, 3.05) is 5.32 Å². The molecule has 0 aliphatic rings. The molecule has 2 rings (SSSR count). The summed E-state index contributed by atoms with van der Waals surface area (Å²) in [5.74, 6) is 0.933. The summed E-state index contributed by atoms with van der Waals surface area (Å²) in [5, 5.41) is 7.81. The highest BCUT2D eigenvalue weighted by atomic mass is 15.3. The Hall–Kier alpha value is -1.78. The van der Waals surface area contributed by atoms with E-state index in [1.165, 1.54) is 5.69 Å². The second-order valence-corrected chi connectivity index (χ2v) is 3.75. The molecule has 0 unspecified atom stereocenters. The van der Waals surface area contributed by atoms with Crippen LogP contribution in [-0.4, -0.2) is 19.7 Å². The van der Waals surface area contributed by atoms with Gasteiger partial charge in [-0.2, -0.15) is 5.10 Å². The van der Waals surface area contributed by atoms with Gasteiger partial charge in [0.1, 0.15) is 5.82 Å². The Bertz CT molecular complexity index is 455. The van der Waals surface area contributed by atoms with Crippen LogP contribution < -0.4 is 5.32 Å². The van der Waals surface area contributed by atoms with E-state index in [0.717, 1.165) is 23.8 Å². The van der Waals surface area contributed by atoms with E-state index in [1.54, 1.807) is 6.20 Å². The zero-order valence-electron chi connectivity index (χ0n) is 9.91. The number of aromatic amines is 1. The number of aromatic nitrogens is 4. The average Bonchev–Trinajstić information content (AvgIpc) is 2.86. The third-order valence-electron chi connectivity index (χ3n) is 2.67. The molecule has 0 spiro atoms. The van der Waals surface area contributed by atoms with Gasteiger partial charge in [-0.15, -0.1) is 0 Å². The maximum absolute atomic E-state index is 4.45. The minimum atomic E-state index is 0.698. The van der Waals surface area contributed by atoms with Crippen molar-refractivity contribution in [3.05, 3.63) is 29.6 Å². The number of H-pyrrole nitrogens is 1. The van der Waals surface area contributed by atoms with Crippen molar-refractivity contribution < 1.29 is 0 Å². The fourth-order valence-corrected chi connectivity index (χ4v) is 1.83. The van der Waals surface area contributed by atoms with Gasteiger partial charge in [0.25, 0.3) is 0 Å². The Morgan fingerprint density at radius 2 is 2.25 bits per heavy atom. The average molecular weight is 219 g/mol. The van der Waals surface area contributed by atoms with Crippen LogP contribution in [0.1, 0.15) is 24.1 Å². The minimum Gasteiger partial charge on any atom is -0.375 e. The Kier molecular flexibility index (Phi) is 2.94. The van der Waals surface area contributed by atoms with E-state index in [9.17, 15) is 0 Å². The predicted octanol–water partition coefficient (Wildman–Crippen LogP) is 1.86. The van der Waals surface area contributed by atoms with Gasteiger partial charge in [0.2, 0.25) is 0 Å². The zero-order valence-corrected chi connectivity index (χ0v) is 9.91. The number of rotatable bonds is 4. The van der Waals surface area contributed by atoms with Gasteiger partial charge in [-0.05, 0) is 20.8 Å². The molecule has 0 atom stereocenters. The molecule has 0 radical (unpaired) electrons. The molecule has 0 bridgehead atoms. The topological polar surface area (TPSA) is 58.5 Å². The van der Waals surface area contributed by atoms with E-state index in [0.29, 0.717) is 6.54 Å². The summed E-state index contributed by atoms with van der Waals surface area (Å²) in [7, 11) is 0. The van der Waals surface area contributed by atoms with Crippen molar-refractivity contribution in [1.29, 1.82) is 0 Å². The summed E-state index contributed by atoms with van der Waals surface area (Å²) in [6.07, 6.45) is 3.58. The first-order chi connectivity index (χ1) is 7.72. The molecule has 0 aliphatic carbocycles. The van der Waals surface area contributed by atoms with E-state index < -0.39 is 0 Å². The Morgan fingerprint density at radius 1 is 1.44 bits per heavy atom. The molecular weight excluding hydrogens is 202 g/mol. The molecule has 0 amide bonds. The van der Waals surface area contributed by atoms with Crippen LogP contribution in [0.2, 0.25) is 0 Å². The standard InChI is InChI=1S/C11H17N5/c1-4-16-9(3)11(8(2)15-16)14-7-10-12-5-6-13-10/h5-6,14H,4,7H2,1-3H3,(H,12,13). The van der Waals surface area contributed by atoms with Crippen LogP contribution in [0.4, 0.5) is 5.69 Å². The van der Waals surface area contributed by atoms with Crippen LogP contribution >= 0.6 is 0 Å². The molecule has 0 aliphatic heterocycles. The van der Waals surface area contributed by atoms with Crippen molar-refractivity contribution in [3.63, 3.8) is 0 Å². The third-order valence-corrected chi connectivity index (χ3v) is 2.67. The maximum atomic E-state index is 4.45. The summed E-state index contributed by atoms with van der Waals surface area (Å²) < 4.78 is 2.00. The largest absolute Gasteiger partial charge is 0.375 e. The molecule has 5 heteroatoms. The lowest BCUT2D eigenvalue weighted by Crippen LogP contribution is -2.04. The monoisotopic (exact) mass is 219 g/mol. The van der Waals surface area contributed by atoms with Crippen LogP contribution in [-0.2, 0) is 13.1 Å². The van der Waals surface area contributed by atoms with Gasteiger partial charge < -0.3 is 10.3 Å². The van der Waals surface area contributed by atoms with Gasteiger partial charge >= 0.3 is 0 Å². The van der Waals surface area contributed by atoms with Crippen molar-refractivity contribution in [1.82, 2.24) is 19.7 Å². The fraction of sp³-hybridized carbons (Fsp3) is 0.455. The summed E-state index contributed by atoms with van der Waals surface area (Å²) in [5.41, 5.74) is 3.32. The first kappa shape index (κ1) is 10.7. The van der Waals surface area contributed by atoms with Crippen LogP contribution in [0.25, 0.3) is 0 Å². The first-order valence-corrected chi connectivity index (χ1v) is 5.48. The number of anilines is 1. The van der Waals surface area contributed by atoms with Gasteiger partial charge in [-0.25, -0.2) is 4.98 Å². The molecule has 86 valence electrons. The molecule has 0 saturated carbocycles. The van der Waals surface area contributed by atoms with Crippen molar-refractivity contribution >= 4 is 5.69 Å². The van der Waals surface area contributed by atoms with E-state index in [1.807, 2.05) is 17.8 Å². The molecule has 2 heterocycles. The normalized spacial score (nSPS) is 10.7. The smallest absolute Gasteiger partial charge is 0.125 e. The summed E-state index contributed by atoms with van der Waals surface area (Å²) in [4.78, 5) is 7.24. The highest BCUT2D eigenvalue weighted by molar-refractivity contribution is 5.51. The Morgan fingerprint density at radius 3 is 2.81 bits per heavy atom. The number of hydrogen-bond acceptors (Lipinski definition) is 3. The zero-order chi connectivity index (χ0) is 11.5. The van der Waals surface area contributed by atoms with Gasteiger partial charge in [-0.1, -0.05) is 0 Å². The van der Waals surface area contributed by atoms with E-state index in [2.05, 4.69) is 34.2 Å². The second-order valence-electron chi connectivity index (χ2n) is 3.75. The molecule has 5 nitrogen and oxygen atoms in total. The van der Waals surface area contributed by atoms with Crippen LogP contribution in [0, 0.1) is 13.8 Å². The molecular formula is C11H17N5. The highest BCUT2D eigenvalue weighted by Crippen LogP contribution is 2.19. The van der Waals surface area contributed by atoms with Gasteiger partial charge in [0.05, 0.1) is 23.6 Å². The van der Waals surface area contributed by atoms with Crippen LogP contribution in [0.15, 0.2) is 12.4 Å². The quantitative estimate of drug-likeness (QED) is 0.825. The van der Waals surface area contributed by atoms with Gasteiger partial charge in [-0.3, -0.25) is 4.68 Å². The predicted molar refractivity (Wildman–Crippen MR) is 63.3 cm³/mol. The third kappa shape index (κ3) is 1.93. The summed E-state index contributed by atoms with van der Waals surface area (Å²) in [6, 6.07) is 0. The molecule has 16 heavy (non-hydrogen) atoms. The minimum absolute atomic E-state index is 0.698. The molecule has 2 aromatic heterocycles. The lowest BCUT2D eigenvalue weighted by molar-refractivity contribution is 0.634. The van der Waals surface area contributed by atoms with Crippen LogP contribution in [0.5, 0.6) is 0 Å². The second kappa shape index (κ2) is 4.38. The lowest BCUT2D eigenvalue weighted by Gasteiger charge is -2.05. The highest BCUT2D eigenvalue weighted by Gasteiger charge is 2.09. The van der Waals surface area contributed by atoms with Gasteiger partial charge in [0, 0.05) is 18.9 Å². The molecule has 0 saturated heterocycles. The lowest BCUT2D eigenvalue weighted by atomic mass is 10.3. The van der Waals surface area contributed by atoms with Crippen molar-refractivity contribution in [2.45, 2.75) is 33.9 Å². The number of imidazole rings is 1. The van der Waals surface area contributed by atoms with E-state index in [4.69, 9.17) is 0 Å². The molecule has 2 aromatic rings. The Balaban J connectivity index is 2.12. The number of aryl methyl sites for hydroxylation is 2. The number of hydrogen-bond donors (Lipinski definition) is 2. The van der Waals surface area contributed by atoms with Gasteiger partial charge in [0.15, 0.2) is 0 Å². The summed E-state index contributed by atoms with van der Waals surface area (Å²) >= 11 is 0. The fourth-order valence-electron chi connectivity index (χ4n) is 1.83. The maximum Gasteiger partial charge on any atom is 0.125 e. The number of nitrogens with one attached hydrogen (secondary N) is 2. The summed E-state index contributed by atoms with van der Waals surface area (Å²) in [6.45, 7) is 7.78. The van der Waals surface area contributed by atoms with E-state index >= 15 is 0 Å². The first-order valence-electron chi connectivity index (χ1n) is 5.48. The SMILES string of the molecule is CCn1nc(C)c(NCc2ncc[nH]2)c1C. The van der Waals surface area contributed by atoms with Crippen molar-refractivity contribution in [3.8, 4) is 0 Å². The van der Waals surface area contributed by atoms with E-state index in [-0.39, 0.29) is 0 Å². The Labute approximate surface area is 94.9 Å². The van der Waals surface area contributed by atoms with Crippen molar-refractivity contribution in [2.24, 2.45) is 0 Å². The molecule has 2 N–H and O–H groups in total.